The number of hydrogen-bond donors (Lipinski definition) is 5. The highest BCUT2D eigenvalue weighted by Crippen LogP contribution is 2.80. The number of nitrogens with one attached hydrogen (secondary N) is 2. The number of rotatable bonds is 13. The number of carbonyl (C=O) groups excluding carboxylic acids is 3. The van der Waals surface area contributed by atoms with Crippen molar-refractivity contribution in [2.75, 3.05) is 26.4 Å². The maximum absolute atomic E-state index is 14.9. The molecule has 8 rings (SSSR count). The van der Waals surface area contributed by atoms with Crippen LogP contribution in [0.2, 0.25) is 0 Å². The Bertz CT molecular complexity index is 1630. The summed E-state index contributed by atoms with van der Waals surface area (Å²) in [7, 11) is 0. The number of esters is 2. The molecule has 0 radical (unpaired) electrons. The molecule has 7 fully saturated rings. The molecular weight excluding hydrogens is 696 g/mol. The standard InChI is InChI=1S/C41H60N2O11/c1-22(2)10-14-38(4)32-31(47)33(48)39(5)28(40(32)20-51-30(46)17-29(40)53-38)11-13-37(3)34(52-36(49)35-41(37,39)54-35)25-12-15-50-27(25)16-23(26(45)19-44)8-6-7-9-24-18-42-21-43-24/h12,15,22-24,26,28-29,32-35,42-45,48H,6-11,13-14,16-21H2,1-5H3/t23-,24-,26+,28-,29-,32+,33+,34-,35+,37-,38-,39-,40-,41+/m0/s1. The summed E-state index contributed by atoms with van der Waals surface area (Å²) >= 11 is 0. The molecule has 0 unspecified atom stereocenters. The number of aliphatic hydroxyl groups is 3. The van der Waals surface area contributed by atoms with E-state index in [9.17, 15) is 29.7 Å². The van der Waals surface area contributed by atoms with Crippen LogP contribution in [0.4, 0.5) is 0 Å². The van der Waals surface area contributed by atoms with Gasteiger partial charge in [0.05, 0.1) is 43.0 Å². The topological polar surface area (TPSA) is 189 Å². The lowest BCUT2D eigenvalue weighted by Crippen LogP contribution is -2.76. The molecule has 0 bridgehead atoms. The lowest BCUT2D eigenvalue weighted by molar-refractivity contribution is -0.252. The predicted molar refractivity (Wildman–Crippen MR) is 192 cm³/mol. The van der Waals surface area contributed by atoms with Crippen LogP contribution in [0, 0.1) is 39.9 Å². The number of ether oxygens (including phenoxy) is 4. The molecule has 13 heteroatoms. The normalized spacial score (nSPS) is 44.8. The molecular formula is C41H60N2O11. The number of hydrogen-bond acceptors (Lipinski definition) is 13. The molecule has 300 valence electrons. The molecule has 5 aliphatic heterocycles. The first-order valence-electron chi connectivity index (χ1n) is 20.4. The SMILES string of the molecule is CC(C)CC[C@]1(C)O[C@H]2CC(=O)OC[C@]23[C@H]2CC[C@@]4(C)[C@H](c5ccoc5C[C@H](CCCC[C@H]5CNCN5)[C@H](O)CO)OC(=O)[C@H]5O[C@]54[C@]2(C)[C@H](O)C(=O)[C@@H]31. The van der Waals surface area contributed by atoms with Crippen LogP contribution in [0.5, 0.6) is 0 Å². The van der Waals surface area contributed by atoms with Crippen LogP contribution in [0.15, 0.2) is 16.7 Å². The lowest BCUT2D eigenvalue weighted by atomic mass is 9.36. The number of aliphatic hydroxyl groups excluding tert-OH is 3. The fraction of sp³-hybridized carbons (Fsp3) is 0.829. The van der Waals surface area contributed by atoms with Gasteiger partial charge in [-0.25, -0.2) is 4.79 Å². The van der Waals surface area contributed by atoms with Crippen LogP contribution >= 0.6 is 0 Å². The van der Waals surface area contributed by atoms with E-state index in [4.69, 9.17) is 23.4 Å². The van der Waals surface area contributed by atoms with Gasteiger partial charge < -0.3 is 49.3 Å². The van der Waals surface area contributed by atoms with Gasteiger partial charge in [0.25, 0.3) is 0 Å². The molecule has 2 aliphatic carbocycles. The summed E-state index contributed by atoms with van der Waals surface area (Å²) in [6.07, 6.45) is 3.19. The van der Waals surface area contributed by atoms with E-state index in [0.29, 0.717) is 55.4 Å². The number of cyclic esters (lactones) is 2. The third kappa shape index (κ3) is 5.38. The van der Waals surface area contributed by atoms with Crippen LogP contribution in [0.25, 0.3) is 0 Å². The van der Waals surface area contributed by atoms with Crippen molar-refractivity contribution in [1.82, 2.24) is 10.6 Å². The molecule has 5 saturated heterocycles. The molecule has 7 aliphatic rings. The number of unbranched alkanes of at least 4 members (excludes halogenated alkanes) is 1. The van der Waals surface area contributed by atoms with E-state index >= 15 is 0 Å². The third-order valence-corrected chi connectivity index (χ3v) is 15.5. The molecule has 5 N–H and O–H groups in total. The monoisotopic (exact) mass is 756 g/mol. The Labute approximate surface area is 317 Å². The minimum absolute atomic E-state index is 0.0109. The number of fused-ring (bicyclic) bond motifs is 1. The van der Waals surface area contributed by atoms with Crippen LogP contribution < -0.4 is 10.6 Å². The van der Waals surface area contributed by atoms with E-state index in [1.807, 2.05) is 26.8 Å². The number of ketones is 1. The van der Waals surface area contributed by atoms with Gasteiger partial charge in [0, 0.05) is 47.5 Å². The van der Waals surface area contributed by atoms with Gasteiger partial charge in [0.15, 0.2) is 11.9 Å². The average Bonchev–Trinajstić information content (AvgIpc) is 3.38. The second-order valence-electron chi connectivity index (χ2n) is 18.7. The molecule has 13 nitrogen and oxygen atoms in total. The van der Waals surface area contributed by atoms with Crippen LogP contribution in [0.3, 0.4) is 0 Å². The quantitative estimate of drug-likeness (QED) is 0.112. The highest BCUT2D eigenvalue weighted by Gasteiger charge is 2.91. The zero-order valence-corrected chi connectivity index (χ0v) is 32.4. The number of Topliss-reactive ketones (excluding diaryl/α,β-unsaturated/α-hetero) is 1. The molecule has 14 atom stereocenters. The van der Waals surface area contributed by atoms with Gasteiger partial charge in [-0.3, -0.25) is 9.59 Å². The van der Waals surface area contributed by atoms with Crippen molar-refractivity contribution in [3.8, 4) is 0 Å². The Balaban J connectivity index is 1.12. The summed E-state index contributed by atoms with van der Waals surface area (Å²) in [4.78, 5) is 41.8. The van der Waals surface area contributed by atoms with Crippen molar-refractivity contribution >= 4 is 17.7 Å². The van der Waals surface area contributed by atoms with Crippen LogP contribution in [0.1, 0.15) is 110 Å². The van der Waals surface area contributed by atoms with Crippen LogP contribution in [-0.4, -0.2) is 101 Å². The van der Waals surface area contributed by atoms with Gasteiger partial charge >= 0.3 is 11.9 Å². The second-order valence-corrected chi connectivity index (χ2v) is 18.7. The minimum Gasteiger partial charge on any atom is -0.469 e. The second kappa shape index (κ2) is 13.6. The van der Waals surface area contributed by atoms with Crippen molar-refractivity contribution in [3.63, 3.8) is 0 Å². The number of epoxide rings is 1. The summed E-state index contributed by atoms with van der Waals surface area (Å²) in [5, 5.41) is 40.2. The Kier molecular flexibility index (Phi) is 9.71. The molecule has 6 heterocycles. The number of furan rings is 1. The molecule has 2 saturated carbocycles. The average molecular weight is 757 g/mol. The Morgan fingerprint density at radius 3 is 2.57 bits per heavy atom. The fourth-order valence-electron chi connectivity index (χ4n) is 12.8. The van der Waals surface area contributed by atoms with Gasteiger partial charge in [0.2, 0.25) is 0 Å². The van der Waals surface area contributed by atoms with Crippen LogP contribution in [-0.2, 0) is 39.8 Å². The first-order chi connectivity index (χ1) is 25.7. The first-order valence-corrected chi connectivity index (χ1v) is 20.4. The molecule has 1 aromatic heterocycles. The Morgan fingerprint density at radius 1 is 1.06 bits per heavy atom. The van der Waals surface area contributed by atoms with E-state index < -0.39 is 69.9 Å². The largest absolute Gasteiger partial charge is 0.469 e. The summed E-state index contributed by atoms with van der Waals surface area (Å²) in [6, 6.07) is 2.24. The minimum atomic E-state index is -1.46. The van der Waals surface area contributed by atoms with E-state index in [1.54, 1.807) is 6.26 Å². The highest BCUT2D eigenvalue weighted by atomic mass is 16.7. The molecule has 2 spiro atoms. The van der Waals surface area contributed by atoms with Crippen molar-refractivity contribution in [1.29, 1.82) is 0 Å². The first kappa shape index (κ1) is 38.5. The summed E-state index contributed by atoms with van der Waals surface area (Å²) in [5.74, 6) is -1.67. The maximum atomic E-state index is 14.9. The van der Waals surface area contributed by atoms with E-state index in [-0.39, 0.29) is 43.2 Å². The fourth-order valence-corrected chi connectivity index (χ4v) is 12.8. The van der Waals surface area contributed by atoms with Crippen molar-refractivity contribution in [2.45, 2.75) is 147 Å². The van der Waals surface area contributed by atoms with E-state index in [2.05, 4.69) is 24.5 Å². The highest BCUT2D eigenvalue weighted by molar-refractivity contribution is 5.92. The molecule has 54 heavy (non-hydrogen) atoms. The van der Waals surface area contributed by atoms with Crippen molar-refractivity contribution in [2.24, 2.45) is 39.9 Å². The molecule has 1 aromatic rings. The van der Waals surface area contributed by atoms with Crippen molar-refractivity contribution < 1.29 is 53.1 Å². The Hall–Kier alpha value is -2.39. The maximum Gasteiger partial charge on any atom is 0.339 e. The third-order valence-electron chi connectivity index (χ3n) is 15.5. The van der Waals surface area contributed by atoms with E-state index in [1.165, 1.54) is 0 Å². The predicted octanol–water partition coefficient (Wildman–Crippen LogP) is 3.12. The van der Waals surface area contributed by atoms with E-state index in [0.717, 1.165) is 38.9 Å². The lowest BCUT2D eigenvalue weighted by Gasteiger charge is -2.66. The molecule has 0 aromatic carbocycles. The number of carbonyl (C=O) groups is 3. The van der Waals surface area contributed by atoms with Gasteiger partial charge in [0.1, 0.15) is 30.2 Å². The summed E-state index contributed by atoms with van der Waals surface area (Å²) in [6.45, 7) is 11.5. The van der Waals surface area contributed by atoms with Gasteiger partial charge in [-0.05, 0) is 69.3 Å². The summed E-state index contributed by atoms with van der Waals surface area (Å²) in [5.41, 5.74) is -4.51. The van der Waals surface area contributed by atoms with Gasteiger partial charge in [-0.2, -0.15) is 0 Å². The zero-order chi connectivity index (χ0) is 38.4. The molecule has 0 amide bonds. The van der Waals surface area contributed by atoms with Crippen molar-refractivity contribution in [3.05, 3.63) is 23.7 Å². The zero-order valence-electron chi connectivity index (χ0n) is 32.4. The van der Waals surface area contributed by atoms with Gasteiger partial charge in [-0.1, -0.05) is 40.5 Å². The summed E-state index contributed by atoms with van der Waals surface area (Å²) < 4.78 is 31.7. The Morgan fingerprint density at radius 2 is 1.85 bits per heavy atom. The smallest absolute Gasteiger partial charge is 0.339 e. The van der Waals surface area contributed by atoms with Gasteiger partial charge in [-0.15, -0.1) is 0 Å².